The van der Waals surface area contributed by atoms with Gasteiger partial charge in [-0.3, -0.25) is 4.79 Å². The topological polar surface area (TPSA) is 55.1 Å². The average Bonchev–Trinajstić information content (AvgIpc) is 2.70. The molecule has 1 aromatic carbocycles. The molecule has 3 atom stereocenters. The van der Waals surface area contributed by atoms with Crippen molar-refractivity contribution in [2.24, 2.45) is 11.8 Å². The molecule has 0 radical (unpaired) electrons. The molecule has 1 aliphatic carbocycles. The minimum Gasteiger partial charge on any atom is -0.398 e. The van der Waals surface area contributed by atoms with Gasteiger partial charge in [-0.25, -0.2) is 4.39 Å². The van der Waals surface area contributed by atoms with Crippen LogP contribution in [0, 0.1) is 17.7 Å². The highest BCUT2D eigenvalue weighted by molar-refractivity contribution is 5.99. The largest absolute Gasteiger partial charge is 0.398 e. The van der Waals surface area contributed by atoms with Crippen LogP contribution in [0.5, 0.6) is 0 Å². The van der Waals surface area contributed by atoms with Crippen LogP contribution >= 0.6 is 0 Å². The molecule has 0 spiro atoms. The maximum Gasteiger partial charge on any atom is 0.253 e. The van der Waals surface area contributed by atoms with Crippen molar-refractivity contribution in [3.05, 3.63) is 29.6 Å². The summed E-state index contributed by atoms with van der Waals surface area (Å²) >= 11 is 0. The molecule has 2 rings (SSSR count). The Labute approximate surface area is 113 Å². The Kier molecular flexibility index (Phi) is 4.08. The molecule has 1 fully saturated rings. The predicted molar refractivity (Wildman–Crippen MR) is 74.2 cm³/mol. The van der Waals surface area contributed by atoms with Crippen molar-refractivity contribution in [1.29, 1.82) is 0 Å². The molecule has 3 nitrogen and oxygen atoms in total. The first kappa shape index (κ1) is 13.8. The summed E-state index contributed by atoms with van der Waals surface area (Å²) in [6.45, 7) is 4.36. The number of nitrogen functional groups attached to an aromatic ring is 1. The number of carbonyl (C=O) groups excluding carboxylic acids is 1. The third-order valence-electron chi connectivity index (χ3n) is 4.33. The number of rotatable bonds is 3. The van der Waals surface area contributed by atoms with Crippen LogP contribution in [-0.4, -0.2) is 11.9 Å². The van der Waals surface area contributed by atoms with E-state index in [1.54, 1.807) is 0 Å². The number of nitrogens with one attached hydrogen (secondary N) is 1. The van der Waals surface area contributed by atoms with Gasteiger partial charge in [-0.1, -0.05) is 20.3 Å². The zero-order valence-electron chi connectivity index (χ0n) is 11.4. The third kappa shape index (κ3) is 2.88. The predicted octanol–water partition coefficient (Wildman–Crippen LogP) is 2.96. The van der Waals surface area contributed by atoms with E-state index in [9.17, 15) is 9.18 Å². The van der Waals surface area contributed by atoms with Gasteiger partial charge in [0.05, 0.1) is 5.56 Å². The van der Waals surface area contributed by atoms with Gasteiger partial charge in [0, 0.05) is 11.7 Å². The van der Waals surface area contributed by atoms with Crippen LogP contribution in [0.3, 0.4) is 0 Å². The van der Waals surface area contributed by atoms with Crippen molar-refractivity contribution in [3.8, 4) is 0 Å². The summed E-state index contributed by atoms with van der Waals surface area (Å²) in [5.41, 5.74) is 6.23. The Bertz CT molecular complexity index is 475. The number of nitrogens with two attached hydrogens (primary N) is 1. The van der Waals surface area contributed by atoms with E-state index in [0.29, 0.717) is 17.4 Å². The van der Waals surface area contributed by atoms with Gasteiger partial charge in [-0.15, -0.1) is 0 Å². The molecule has 0 bridgehead atoms. The van der Waals surface area contributed by atoms with Crippen LogP contribution in [0.4, 0.5) is 10.1 Å². The van der Waals surface area contributed by atoms with Crippen molar-refractivity contribution in [2.75, 3.05) is 5.73 Å². The fourth-order valence-electron chi connectivity index (χ4n) is 3.01. The number of halogens is 1. The zero-order chi connectivity index (χ0) is 14.0. The highest BCUT2D eigenvalue weighted by Crippen LogP contribution is 2.34. The highest BCUT2D eigenvalue weighted by Gasteiger charge is 2.32. The van der Waals surface area contributed by atoms with E-state index in [1.807, 2.05) is 0 Å². The van der Waals surface area contributed by atoms with E-state index >= 15 is 0 Å². The van der Waals surface area contributed by atoms with E-state index in [4.69, 9.17) is 5.73 Å². The molecule has 4 heteroatoms. The van der Waals surface area contributed by atoms with Gasteiger partial charge in [0.15, 0.2) is 0 Å². The lowest BCUT2D eigenvalue weighted by molar-refractivity contribution is 0.0927. The summed E-state index contributed by atoms with van der Waals surface area (Å²) in [7, 11) is 0. The summed E-state index contributed by atoms with van der Waals surface area (Å²) in [5.74, 6) is 0.534. The highest BCUT2D eigenvalue weighted by atomic mass is 19.1. The molecular weight excluding hydrogens is 243 g/mol. The molecule has 1 saturated carbocycles. The van der Waals surface area contributed by atoms with Crippen molar-refractivity contribution < 1.29 is 9.18 Å². The first-order chi connectivity index (χ1) is 9.02. The maximum atomic E-state index is 13.0. The molecule has 104 valence electrons. The molecule has 0 aliphatic heterocycles. The summed E-state index contributed by atoms with van der Waals surface area (Å²) in [6, 6.07) is 4.08. The zero-order valence-corrected chi connectivity index (χ0v) is 11.4. The fourth-order valence-corrected chi connectivity index (χ4v) is 3.01. The molecule has 3 unspecified atom stereocenters. The number of benzene rings is 1. The minimum atomic E-state index is -0.422. The van der Waals surface area contributed by atoms with Crippen LogP contribution < -0.4 is 11.1 Å². The smallest absolute Gasteiger partial charge is 0.253 e. The van der Waals surface area contributed by atoms with Crippen molar-refractivity contribution in [2.45, 2.75) is 39.2 Å². The maximum absolute atomic E-state index is 13.0. The number of hydrogen-bond acceptors (Lipinski definition) is 2. The van der Waals surface area contributed by atoms with Gasteiger partial charge < -0.3 is 11.1 Å². The molecule has 1 aromatic rings. The van der Waals surface area contributed by atoms with Gasteiger partial charge in [0.25, 0.3) is 5.91 Å². The van der Waals surface area contributed by atoms with Crippen molar-refractivity contribution in [1.82, 2.24) is 5.32 Å². The molecule has 0 aromatic heterocycles. The minimum absolute atomic E-state index is 0.190. The second kappa shape index (κ2) is 5.59. The Balaban J connectivity index is 2.05. The van der Waals surface area contributed by atoms with Crippen LogP contribution in [0.25, 0.3) is 0 Å². The average molecular weight is 264 g/mol. The summed E-state index contributed by atoms with van der Waals surface area (Å²) in [6.07, 6.45) is 3.31. The van der Waals surface area contributed by atoms with Crippen LogP contribution in [-0.2, 0) is 0 Å². The third-order valence-corrected chi connectivity index (χ3v) is 4.33. The molecule has 19 heavy (non-hydrogen) atoms. The lowest BCUT2D eigenvalue weighted by atomic mass is 9.93. The summed E-state index contributed by atoms with van der Waals surface area (Å²) < 4.78 is 13.0. The van der Waals surface area contributed by atoms with Crippen LogP contribution in [0.2, 0.25) is 0 Å². The van der Waals surface area contributed by atoms with Gasteiger partial charge in [0.2, 0.25) is 0 Å². The molecule has 0 heterocycles. The Morgan fingerprint density at radius 3 is 2.79 bits per heavy atom. The van der Waals surface area contributed by atoms with E-state index in [2.05, 4.69) is 19.2 Å². The Morgan fingerprint density at radius 2 is 2.21 bits per heavy atom. The number of anilines is 1. The van der Waals surface area contributed by atoms with E-state index < -0.39 is 5.82 Å². The molecule has 3 N–H and O–H groups in total. The monoisotopic (exact) mass is 264 g/mol. The van der Waals surface area contributed by atoms with Crippen molar-refractivity contribution >= 4 is 11.6 Å². The van der Waals surface area contributed by atoms with Gasteiger partial charge in [0.1, 0.15) is 5.82 Å². The molecule has 1 amide bonds. The first-order valence-electron chi connectivity index (χ1n) is 6.88. The SMILES string of the molecule is CCC1CCC(NC(=O)c2ccc(F)cc2N)C1C. The van der Waals surface area contributed by atoms with Crippen LogP contribution in [0.15, 0.2) is 18.2 Å². The number of hydrogen-bond donors (Lipinski definition) is 2. The standard InChI is InChI=1S/C15H21FN2O/c1-3-10-4-7-14(9(10)2)18-15(19)12-6-5-11(16)8-13(12)17/h5-6,8-10,14H,3-4,7,17H2,1-2H3,(H,18,19). The van der Waals surface area contributed by atoms with Crippen molar-refractivity contribution in [3.63, 3.8) is 0 Å². The molecule has 1 aliphatic rings. The lowest BCUT2D eigenvalue weighted by Gasteiger charge is -2.21. The van der Waals surface area contributed by atoms with Crippen LogP contribution in [0.1, 0.15) is 43.5 Å². The van der Waals surface area contributed by atoms with Gasteiger partial charge in [-0.05, 0) is 42.9 Å². The second-order valence-corrected chi connectivity index (χ2v) is 5.42. The fraction of sp³-hybridized carbons (Fsp3) is 0.533. The molecular formula is C15H21FN2O. The van der Waals surface area contributed by atoms with E-state index in [-0.39, 0.29) is 17.6 Å². The van der Waals surface area contributed by atoms with E-state index in [0.717, 1.165) is 19.3 Å². The quantitative estimate of drug-likeness (QED) is 0.825. The number of carbonyl (C=O) groups is 1. The lowest BCUT2D eigenvalue weighted by Crippen LogP contribution is -2.37. The second-order valence-electron chi connectivity index (χ2n) is 5.42. The Morgan fingerprint density at radius 1 is 1.47 bits per heavy atom. The van der Waals surface area contributed by atoms with E-state index in [1.165, 1.54) is 18.2 Å². The van der Waals surface area contributed by atoms with Gasteiger partial charge >= 0.3 is 0 Å². The Hall–Kier alpha value is -1.58. The first-order valence-corrected chi connectivity index (χ1v) is 6.88. The summed E-state index contributed by atoms with van der Waals surface area (Å²) in [5, 5.41) is 3.03. The summed E-state index contributed by atoms with van der Waals surface area (Å²) in [4.78, 5) is 12.2. The number of amides is 1. The molecule has 0 saturated heterocycles. The van der Waals surface area contributed by atoms with Gasteiger partial charge in [-0.2, -0.15) is 0 Å². The normalized spacial score (nSPS) is 26.4.